The number of carbonyl (C=O) groups is 1. The summed E-state index contributed by atoms with van der Waals surface area (Å²) >= 11 is 0. The van der Waals surface area contributed by atoms with Crippen molar-refractivity contribution in [2.45, 2.75) is 18.8 Å². The molecule has 1 amide bonds. The Morgan fingerprint density at radius 3 is 2.95 bits per heavy atom. The molecule has 5 nitrogen and oxygen atoms in total. The van der Waals surface area contributed by atoms with Crippen LogP contribution in [0.25, 0.3) is 0 Å². The Bertz CT molecular complexity index is 583. The van der Waals surface area contributed by atoms with Crippen LogP contribution >= 0.6 is 0 Å². The van der Waals surface area contributed by atoms with E-state index in [4.69, 9.17) is 0 Å². The fourth-order valence-electron chi connectivity index (χ4n) is 3.00. The molecule has 1 aliphatic rings. The first-order chi connectivity index (χ1) is 10.8. The highest BCUT2D eigenvalue weighted by Crippen LogP contribution is 2.26. The molecule has 116 valence electrons. The monoisotopic (exact) mass is 299 g/mol. The zero-order valence-electron chi connectivity index (χ0n) is 12.6. The zero-order valence-corrected chi connectivity index (χ0v) is 12.6. The quantitative estimate of drug-likeness (QED) is 0.920. The number of piperidine rings is 1. The third-order valence-electron chi connectivity index (χ3n) is 4.16. The second kappa shape index (κ2) is 7.22. The first kappa shape index (κ1) is 14.8. The van der Waals surface area contributed by atoms with Crippen LogP contribution in [0.2, 0.25) is 0 Å². The summed E-state index contributed by atoms with van der Waals surface area (Å²) < 4.78 is 4.67. The number of carbonyl (C=O) groups excluding carboxylic acids is 1. The van der Waals surface area contributed by atoms with Crippen LogP contribution in [0, 0.1) is 0 Å². The lowest BCUT2D eigenvalue weighted by atomic mass is 9.91. The lowest BCUT2D eigenvalue weighted by Crippen LogP contribution is -2.40. The molecule has 2 heterocycles. The van der Waals surface area contributed by atoms with Crippen molar-refractivity contribution in [3.05, 3.63) is 53.9 Å². The van der Waals surface area contributed by atoms with Gasteiger partial charge >= 0.3 is 0 Å². The summed E-state index contributed by atoms with van der Waals surface area (Å²) in [5.74, 6) is 0.423. The topological polar surface area (TPSA) is 58.4 Å². The summed E-state index contributed by atoms with van der Waals surface area (Å²) in [5, 5.41) is 6.52. The summed E-state index contributed by atoms with van der Waals surface area (Å²) in [5.41, 5.74) is 1.75. The molecule has 1 N–H and O–H groups in total. The van der Waals surface area contributed by atoms with Gasteiger partial charge in [-0.15, -0.1) is 0 Å². The van der Waals surface area contributed by atoms with E-state index in [9.17, 15) is 4.79 Å². The van der Waals surface area contributed by atoms with E-state index in [0.29, 0.717) is 18.2 Å². The highest BCUT2D eigenvalue weighted by molar-refractivity contribution is 5.91. The van der Waals surface area contributed by atoms with Crippen LogP contribution < -0.4 is 5.32 Å². The van der Waals surface area contributed by atoms with Gasteiger partial charge in [-0.1, -0.05) is 35.5 Å². The predicted octanol–water partition coefficient (Wildman–Crippen LogP) is 2.28. The molecule has 1 saturated heterocycles. The van der Waals surface area contributed by atoms with E-state index in [1.165, 1.54) is 24.7 Å². The Balaban J connectivity index is 1.46. The minimum absolute atomic E-state index is 0.176. The van der Waals surface area contributed by atoms with Gasteiger partial charge in [0.2, 0.25) is 0 Å². The van der Waals surface area contributed by atoms with Crippen LogP contribution in [-0.4, -0.2) is 42.1 Å². The molecule has 2 aromatic rings. The fraction of sp³-hybridized carbons (Fsp3) is 0.412. The van der Waals surface area contributed by atoms with Gasteiger partial charge in [0, 0.05) is 25.7 Å². The molecule has 22 heavy (non-hydrogen) atoms. The van der Waals surface area contributed by atoms with E-state index in [1.54, 1.807) is 6.07 Å². The van der Waals surface area contributed by atoms with Gasteiger partial charge in [-0.25, -0.2) is 0 Å². The molecule has 3 rings (SSSR count). The summed E-state index contributed by atoms with van der Waals surface area (Å²) in [6.45, 7) is 3.66. The minimum Gasteiger partial charge on any atom is -0.364 e. The number of hydrogen-bond acceptors (Lipinski definition) is 4. The Morgan fingerprint density at radius 2 is 2.18 bits per heavy atom. The molecule has 0 unspecified atom stereocenters. The maximum atomic E-state index is 11.8. The maximum Gasteiger partial charge on any atom is 0.273 e. The van der Waals surface area contributed by atoms with E-state index < -0.39 is 0 Å². The van der Waals surface area contributed by atoms with Crippen molar-refractivity contribution in [1.29, 1.82) is 0 Å². The lowest BCUT2D eigenvalue weighted by Gasteiger charge is -2.33. The molecular weight excluding hydrogens is 278 g/mol. The van der Waals surface area contributed by atoms with E-state index >= 15 is 0 Å². The molecule has 0 spiro atoms. The average molecular weight is 299 g/mol. The molecule has 0 aliphatic carbocycles. The van der Waals surface area contributed by atoms with E-state index in [0.717, 1.165) is 19.6 Å². The molecule has 5 heteroatoms. The smallest absolute Gasteiger partial charge is 0.273 e. The summed E-state index contributed by atoms with van der Waals surface area (Å²) in [7, 11) is 0. The molecule has 1 atom stereocenters. The largest absolute Gasteiger partial charge is 0.364 e. The number of likely N-dealkylation sites (tertiary alicyclic amines) is 1. The number of rotatable bonds is 5. The molecule has 1 aromatic heterocycles. The zero-order chi connectivity index (χ0) is 15.2. The normalized spacial score (nSPS) is 19.0. The summed E-state index contributed by atoms with van der Waals surface area (Å²) in [6.07, 6.45) is 3.85. The third kappa shape index (κ3) is 3.74. The van der Waals surface area contributed by atoms with Crippen LogP contribution in [0.3, 0.4) is 0 Å². The number of benzene rings is 1. The maximum absolute atomic E-state index is 11.8. The molecular formula is C17H21N3O2. The first-order valence-corrected chi connectivity index (χ1v) is 7.79. The molecule has 1 aromatic carbocycles. The highest BCUT2D eigenvalue weighted by atomic mass is 16.5. The van der Waals surface area contributed by atoms with E-state index in [2.05, 4.69) is 50.2 Å². The van der Waals surface area contributed by atoms with Gasteiger partial charge in [-0.3, -0.25) is 4.79 Å². The second-order valence-electron chi connectivity index (χ2n) is 5.69. The highest BCUT2D eigenvalue weighted by Gasteiger charge is 2.21. The number of amides is 1. The molecule has 0 bridgehead atoms. The van der Waals surface area contributed by atoms with Crippen LogP contribution in [0.15, 0.2) is 47.2 Å². The standard InChI is InChI=1S/C17H21N3O2/c21-17(16-8-12-22-19-16)18-9-11-20-10-4-7-15(13-20)14-5-2-1-3-6-14/h1-3,5-6,8,12,15H,4,7,9-11,13H2,(H,18,21)/t15-/m1/s1. The van der Waals surface area contributed by atoms with Crippen molar-refractivity contribution in [3.8, 4) is 0 Å². The van der Waals surface area contributed by atoms with Crippen LogP contribution in [-0.2, 0) is 0 Å². The minimum atomic E-state index is -0.176. The van der Waals surface area contributed by atoms with E-state index in [-0.39, 0.29) is 5.91 Å². The van der Waals surface area contributed by atoms with Gasteiger partial charge in [-0.2, -0.15) is 0 Å². The van der Waals surface area contributed by atoms with Gasteiger partial charge in [0.25, 0.3) is 5.91 Å². The van der Waals surface area contributed by atoms with E-state index in [1.807, 2.05) is 0 Å². The predicted molar refractivity (Wildman–Crippen MR) is 83.7 cm³/mol. The molecule has 1 fully saturated rings. The fourth-order valence-corrected chi connectivity index (χ4v) is 3.00. The van der Waals surface area contributed by atoms with Crippen LogP contribution in [0.1, 0.15) is 34.8 Å². The Labute approximate surface area is 130 Å². The van der Waals surface area contributed by atoms with Crippen molar-refractivity contribution in [1.82, 2.24) is 15.4 Å². The van der Waals surface area contributed by atoms with Crippen molar-refractivity contribution in [3.63, 3.8) is 0 Å². The van der Waals surface area contributed by atoms with Crippen molar-refractivity contribution in [2.24, 2.45) is 0 Å². The first-order valence-electron chi connectivity index (χ1n) is 7.79. The second-order valence-corrected chi connectivity index (χ2v) is 5.69. The number of nitrogens with zero attached hydrogens (tertiary/aromatic N) is 2. The van der Waals surface area contributed by atoms with Gasteiger partial charge in [0.15, 0.2) is 5.69 Å². The summed E-state index contributed by atoms with van der Waals surface area (Å²) in [4.78, 5) is 14.2. The SMILES string of the molecule is O=C(NCCN1CCC[C@@H](c2ccccc2)C1)c1ccon1. The Hall–Kier alpha value is -2.14. The van der Waals surface area contributed by atoms with Gasteiger partial charge in [-0.05, 0) is 30.9 Å². The number of nitrogens with one attached hydrogen (secondary N) is 1. The van der Waals surface area contributed by atoms with Crippen molar-refractivity contribution in [2.75, 3.05) is 26.2 Å². The third-order valence-corrected chi connectivity index (χ3v) is 4.16. The number of hydrogen-bond donors (Lipinski definition) is 1. The Kier molecular flexibility index (Phi) is 4.85. The molecule has 0 radical (unpaired) electrons. The van der Waals surface area contributed by atoms with Crippen LogP contribution in [0.4, 0.5) is 0 Å². The Morgan fingerprint density at radius 1 is 1.32 bits per heavy atom. The number of aromatic nitrogens is 1. The summed E-state index contributed by atoms with van der Waals surface area (Å²) in [6, 6.07) is 12.3. The van der Waals surface area contributed by atoms with Gasteiger partial charge < -0.3 is 14.7 Å². The van der Waals surface area contributed by atoms with Gasteiger partial charge in [0.05, 0.1) is 0 Å². The van der Waals surface area contributed by atoms with Gasteiger partial charge in [0.1, 0.15) is 6.26 Å². The molecule has 1 aliphatic heterocycles. The average Bonchev–Trinajstić information content (AvgIpc) is 3.10. The van der Waals surface area contributed by atoms with Crippen molar-refractivity contribution < 1.29 is 9.32 Å². The molecule has 0 saturated carbocycles. The van der Waals surface area contributed by atoms with Crippen molar-refractivity contribution >= 4 is 5.91 Å². The van der Waals surface area contributed by atoms with Crippen LogP contribution in [0.5, 0.6) is 0 Å². The lowest BCUT2D eigenvalue weighted by molar-refractivity contribution is 0.0936.